The molecule has 1 aliphatic rings. The normalized spacial score (nSPS) is 19.5. The number of fused-ring (bicyclic) bond motifs is 1. The molecule has 0 saturated heterocycles. The van der Waals surface area contributed by atoms with Crippen molar-refractivity contribution in [3.8, 4) is 0 Å². The topological polar surface area (TPSA) is 60.2 Å². The highest BCUT2D eigenvalue weighted by Crippen LogP contribution is 2.34. The lowest BCUT2D eigenvalue weighted by atomic mass is 10.2. The molecule has 0 bridgehead atoms. The van der Waals surface area contributed by atoms with E-state index in [1.54, 1.807) is 6.92 Å². The fraction of sp³-hybridized carbons (Fsp3) is 0.200. The monoisotopic (exact) mass is 227 g/mol. The summed E-state index contributed by atoms with van der Waals surface area (Å²) in [5.74, 6) is -0.453. The van der Waals surface area contributed by atoms with Crippen molar-refractivity contribution in [2.75, 3.05) is 0 Å². The van der Waals surface area contributed by atoms with E-state index >= 15 is 0 Å². The van der Waals surface area contributed by atoms with Gasteiger partial charge < -0.3 is 5.73 Å². The van der Waals surface area contributed by atoms with Gasteiger partial charge in [0, 0.05) is 6.04 Å². The fourth-order valence-electron chi connectivity index (χ4n) is 1.61. The molecule has 1 unspecified atom stereocenters. The van der Waals surface area contributed by atoms with Gasteiger partial charge >= 0.3 is 0 Å². The third-order valence-electron chi connectivity index (χ3n) is 2.32. The molecule has 1 heterocycles. The molecule has 0 spiro atoms. The van der Waals surface area contributed by atoms with Gasteiger partial charge in [-0.1, -0.05) is 0 Å². The second-order valence-electron chi connectivity index (χ2n) is 3.52. The second kappa shape index (κ2) is 3.15. The van der Waals surface area contributed by atoms with E-state index in [1.807, 2.05) is 0 Å². The predicted octanol–water partition coefficient (Wildman–Crippen LogP) is 1.30. The number of rotatable bonds is 1. The summed E-state index contributed by atoms with van der Waals surface area (Å²) in [4.78, 5) is 0.277. The van der Waals surface area contributed by atoms with Crippen LogP contribution < -0.4 is 5.73 Å². The summed E-state index contributed by atoms with van der Waals surface area (Å²) in [6.45, 7) is 1.59. The highest BCUT2D eigenvalue weighted by atomic mass is 32.2. The smallest absolute Gasteiger partial charge is 0.204 e. The first kappa shape index (κ1) is 10.3. The first-order valence-corrected chi connectivity index (χ1v) is 5.93. The zero-order valence-corrected chi connectivity index (χ0v) is 8.88. The minimum Gasteiger partial charge on any atom is -0.324 e. The van der Waals surface area contributed by atoms with Crippen LogP contribution in [0.3, 0.4) is 0 Å². The molecule has 0 amide bonds. The van der Waals surface area contributed by atoms with Gasteiger partial charge in [0.15, 0.2) is 0 Å². The molecule has 5 heteroatoms. The van der Waals surface area contributed by atoms with Crippen LogP contribution in [0.25, 0.3) is 6.08 Å². The van der Waals surface area contributed by atoms with Crippen molar-refractivity contribution in [1.29, 1.82) is 0 Å². The van der Waals surface area contributed by atoms with Gasteiger partial charge in [-0.2, -0.15) is 0 Å². The molecule has 15 heavy (non-hydrogen) atoms. The van der Waals surface area contributed by atoms with Gasteiger partial charge in [0.1, 0.15) is 5.82 Å². The van der Waals surface area contributed by atoms with E-state index in [2.05, 4.69) is 0 Å². The van der Waals surface area contributed by atoms with E-state index in [9.17, 15) is 12.8 Å². The van der Waals surface area contributed by atoms with E-state index in [4.69, 9.17) is 5.73 Å². The molecule has 3 nitrogen and oxygen atoms in total. The van der Waals surface area contributed by atoms with Gasteiger partial charge in [-0.15, -0.1) is 0 Å². The van der Waals surface area contributed by atoms with E-state index in [0.717, 1.165) is 6.07 Å². The maximum Gasteiger partial charge on any atom is 0.204 e. The van der Waals surface area contributed by atoms with Crippen LogP contribution in [0.2, 0.25) is 0 Å². The average Bonchev–Trinajstić information content (AvgIpc) is 2.37. The number of hydrogen-bond donors (Lipinski definition) is 1. The molecule has 1 aromatic carbocycles. The Hall–Kier alpha value is -1.20. The molecule has 1 aromatic rings. The van der Waals surface area contributed by atoms with E-state index in [0.29, 0.717) is 5.56 Å². The summed E-state index contributed by atoms with van der Waals surface area (Å²) in [6.07, 6.45) is 1.43. The summed E-state index contributed by atoms with van der Waals surface area (Å²) in [5, 5.41) is 0. The molecular formula is C10H10FNO2S. The average molecular weight is 227 g/mol. The van der Waals surface area contributed by atoms with E-state index in [-0.39, 0.29) is 9.80 Å². The van der Waals surface area contributed by atoms with Crippen LogP contribution in [0.15, 0.2) is 28.0 Å². The van der Waals surface area contributed by atoms with Crippen LogP contribution >= 0.6 is 0 Å². The van der Waals surface area contributed by atoms with Crippen molar-refractivity contribution in [2.24, 2.45) is 5.73 Å². The van der Waals surface area contributed by atoms with E-state index < -0.39 is 21.7 Å². The van der Waals surface area contributed by atoms with Crippen molar-refractivity contribution in [2.45, 2.75) is 17.9 Å². The molecule has 2 rings (SSSR count). The van der Waals surface area contributed by atoms with Gasteiger partial charge in [0.05, 0.1) is 9.80 Å². The Balaban J connectivity index is 2.69. The van der Waals surface area contributed by atoms with Crippen LogP contribution in [0.4, 0.5) is 4.39 Å². The van der Waals surface area contributed by atoms with Crippen molar-refractivity contribution in [3.05, 3.63) is 34.5 Å². The van der Waals surface area contributed by atoms with Crippen molar-refractivity contribution in [3.63, 3.8) is 0 Å². The molecule has 0 saturated carbocycles. The van der Waals surface area contributed by atoms with Gasteiger partial charge in [0.2, 0.25) is 9.84 Å². The zero-order valence-electron chi connectivity index (χ0n) is 8.07. The van der Waals surface area contributed by atoms with E-state index in [1.165, 1.54) is 18.2 Å². The summed E-state index contributed by atoms with van der Waals surface area (Å²) in [7, 11) is -3.49. The first-order valence-electron chi connectivity index (χ1n) is 4.45. The molecule has 1 aliphatic heterocycles. The number of sulfone groups is 1. The number of halogens is 1. The van der Waals surface area contributed by atoms with Gasteiger partial charge in [-0.25, -0.2) is 12.8 Å². The van der Waals surface area contributed by atoms with Gasteiger partial charge in [0.25, 0.3) is 0 Å². The second-order valence-corrected chi connectivity index (χ2v) is 5.44. The highest BCUT2D eigenvalue weighted by Gasteiger charge is 2.31. The summed E-state index contributed by atoms with van der Waals surface area (Å²) in [6, 6.07) is 3.02. The maximum absolute atomic E-state index is 12.9. The highest BCUT2D eigenvalue weighted by molar-refractivity contribution is 7.96. The lowest BCUT2D eigenvalue weighted by Gasteiger charge is -2.06. The van der Waals surface area contributed by atoms with Crippen molar-refractivity contribution >= 4 is 15.9 Å². The van der Waals surface area contributed by atoms with Crippen LogP contribution in [-0.4, -0.2) is 14.5 Å². The quantitative estimate of drug-likeness (QED) is 0.736. The Labute approximate surface area is 87.3 Å². The third kappa shape index (κ3) is 1.48. The molecule has 1 atom stereocenters. The lowest BCUT2D eigenvalue weighted by molar-refractivity contribution is 0.599. The fourth-order valence-corrected chi connectivity index (χ4v) is 3.31. The molecular weight excluding hydrogens is 217 g/mol. The maximum atomic E-state index is 12.9. The number of hydrogen-bond acceptors (Lipinski definition) is 3. The Bertz CT molecular complexity index is 547. The largest absolute Gasteiger partial charge is 0.324 e. The zero-order chi connectivity index (χ0) is 11.2. The Morgan fingerprint density at radius 1 is 1.40 bits per heavy atom. The number of benzene rings is 1. The Morgan fingerprint density at radius 3 is 2.67 bits per heavy atom. The van der Waals surface area contributed by atoms with Crippen LogP contribution in [0, 0.1) is 5.82 Å². The summed E-state index contributed by atoms with van der Waals surface area (Å²) in [5.41, 5.74) is 5.93. The van der Waals surface area contributed by atoms with Gasteiger partial charge in [-0.05, 0) is 36.8 Å². The van der Waals surface area contributed by atoms with Crippen molar-refractivity contribution in [1.82, 2.24) is 0 Å². The molecule has 0 aliphatic carbocycles. The lowest BCUT2D eigenvalue weighted by Crippen LogP contribution is -2.21. The molecule has 0 radical (unpaired) electrons. The van der Waals surface area contributed by atoms with Crippen LogP contribution in [0.5, 0.6) is 0 Å². The SMILES string of the molecule is CC(N)C1=Cc2cc(F)ccc2S1(=O)=O. The first-order chi connectivity index (χ1) is 6.93. The summed E-state index contributed by atoms with van der Waals surface area (Å²) < 4.78 is 36.6. The molecule has 0 fully saturated rings. The predicted molar refractivity (Wildman–Crippen MR) is 55.2 cm³/mol. The van der Waals surface area contributed by atoms with Crippen LogP contribution in [0.1, 0.15) is 12.5 Å². The minimum atomic E-state index is -3.49. The Kier molecular flexibility index (Phi) is 2.17. The minimum absolute atomic E-state index is 0.135. The molecule has 2 N–H and O–H groups in total. The third-order valence-corrected chi connectivity index (χ3v) is 4.38. The molecule has 80 valence electrons. The Morgan fingerprint density at radius 2 is 2.07 bits per heavy atom. The van der Waals surface area contributed by atoms with Crippen LogP contribution in [-0.2, 0) is 9.84 Å². The summed E-state index contributed by atoms with van der Waals surface area (Å²) >= 11 is 0. The molecule has 0 aromatic heterocycles. The van der Waals surface area contributed by atoms with Gasteiger partial charge in [-0.3, -0.25) is 0 Å². The number of nitrogens with two attached hydrogens (primary N) is 1. The van der Waals surface area contributed by atoms with Crippen molar-refractivity contribution < 1.29 is 12.8 Å². The standard InChI is InChI=1S/C10H10FNO2S/c1-6(12)10-5-7-4-8(11)2-3-9(7)15(10,13)14/h2-6H,12H2,1H3.